The lowest BCUT2D eigenvalue weighted by Gasteiger charge is -2.22. The predicted molar refractivity (Wildman–Crippen MR) is 115 cm³/mol. The normalized spacial score (nSPS) is 17.1. The molecule has 0 unspecified atom stereocenters. The van der Waals surface area contributed by atoms with E-state index in [1.165, 1.54) is 30.9 Å². The highest BCUT2D eigenvalue weighted by Gasteiger charge is 2.33. The first kappa shape index (κ1) is 20.8. The maximum atomic E-state index is 12.6. The van der Waals surface area contributed by atoms with Crippen LogP contribution in [0.3, 0.4) is 0 Å². The lowest BCUT2D eigenvalue weighted by atomic mass is 10.1. The maximum Gasteiger partial charge on any atom is 0.257 e. The summed E-state index contributed by atoms with van der Waals surface area (Å²) in [5.41, 5.74) is 1.89. The van der Waals surface area contributed by atoms with Crippen LogP contribution in [0.15, 0.2) is 56.7 Å². The summed E-state index contributed by atoms with van der Waals surface area (Å²) in [4.78, 5) is 15.3. The third-order valence-electron chi connectivity index (χ3n) is 4.67. The van der Waals surface area contributed by atoms with Gasteiger partial charge in [-0.3, -0.25) is 4.79 Å². The van der Waals surface area contributed by atoms with Crippen LogP contribution in [0.4, 0.5) is 5.69 Å². The van der Waals surface area contributed by atoms with Gasteiger partial charge < -0.3 is 10.2 Å². The van der Waals surface area contributed by atoms with E-state index in [0.717, 1.165) is 10.6 Å². The molecule has 0 radical (unpaired) electrons. The maximum absolute atomic E-state index is 12.6. The van der Waals surface area contributed by atoms with Crippen LogP contribution in [-0.4, -0.2) is 47.3 Å². The summed E-state index contributed by atoms with van der Waals surface area (Å²) in [6.07, 6.45) is 0. The molecule has 9 nitrogen and oxygen atoms in total. The molecule has 0 saturated carbocycles. The highest BCUT2D eigenvalue weighted by atomic mass is 32.2. The van der Waals surface area contributed by atoms with E-state index in [1.54, 1.807) is 30.3 Å². The fourth-order valence-electron chi connectivity index (χ4n) is 3.10. The van der Waals surface area contributed by atoms with Crippen molar-refractivity contribution in [2.75, 3.05) is 24.2 Å². The van der Waals surface area contributed by atoms with E-state index < -0.39 is 20.0 Å². The molecule has 2 aliphatic rings. The number of thioether (sulfide) groups is 1. The van der Waals surface area contributed by atoms with Gasteiger partial charge in [0, 0.05) is 23.5 Å². The van der Waals surface area contributed by atoms with Gasteiger partial charge in [-0.15, -0.1) is 4.40 Å². The summed E-state index contributed by atoms with van der Waals surface area (Å²) in [7, 11) is -5.66. The topological polar surface area (TPSA) is 125 Å². The summed E-state index contributed by atoms with van der Waals surface area (Å²) in [5.74, 6) is -0.360. The molecule has 0 spiro atoms. The van der Waals surface area contributed by atoms with Crippen LogP contribution >= 0.6 is 11.8 Å². The summed E-state index contributed by atoms with van der Waals surface area (Å²) in [5, 5.41) is 3.18. The molecule has 2 aliphatic heterocycles. The first-order valence-electron chi connectivity index (χ1n) is 8.91. The van der Waals surface area contributed by atoms with Gasteiger partial charge in [0.05, 0.1) is 16.3 Å². The van der Waals surface area contributed by atoms with Crippen LogP contribution < -0.4 is 14.9 Å². The molecule has 0 atom stereocenters. The van der Waals surface area contributed by atoms with Crippen LogP contribution in [0.1, 0.15) is 15.9 Å². The average molecular weight is 467 g/mol. The van der Waals surface area contributed by atoms with Gasteiger partial charge in [-0.2, -0.15) is 0 Å². The van der Waals surface area contributed by atoms with Gasteiger partial charge in [-0.1, -0.05) is 12.1 Å². The van der Waals surface area contributed by atoms with Crippen molar-refractivity contribution in [3.63, 3.8) is 0 Å². The molecule has 2 aromatic carbocycles. The van der Waals surface area contributed by atoms with Crippen LogP contribution in [0, 0.1) is 0 Å². The molecule has 12 heteroatoms. The van der Waals surface area contributed by atoms with Crippen molar-refractivity contribution in [1.29, 1.82) is 0 Å². The summed E-state index contributed by atoms with van der Waals surface area (Å²) in [6, 6.07) is 11.5. The highest BCUT2D eigenvalue weighted by Crippen LogP contribution is 2.42. The Labute approximate surface area is 178 Å². The van der Waals surface area contributed by atoms with Gasteiger partial charge >= 0.3 is 0 Å². The Hall–Kier alpha value is -2.41. The fourth-order valence-corrected chi connectivity index (χ4v) is 6.19. The number of carbonyl (C=O) groups is 1. The Bertz CT molecular complexity index is 1270. The zero-order valence-corrected chi connectivity index (χ0v) is 18.3. The van der Waals surface area contributed by atoms with E-state index in [2.05, 4.69) is 14.4 Å². The number of hydrogen-bond acceptors (Lipinski definition) is 7. The molecule has 1 amide bonds. The second-order valence-electron chi connectivity index (χ2n) is 6.63. The summed E-state index contributed by atoms with van der Waals surface area (Å²) < 4.78 is 53.3. The minimum atomic E-state index is -3.56. The fraction of sp³-hybridized carbons (Fsp3) is 0.222. The molecular formula is C18H18N4O5S3. The van der Waals surface area contributed by atoms with Crippen molar-refractivity contribution in [3.05, 3.63) is 53.6 Å². The number of nitrogens with zero attached hydrogens (tertiary/aromatic N) is 2. The van der Waals surface area contributed by atoms with Gasteiger partial charge in [0.2, 0.25) is 10.0 Å². The van der Waals surface area contributed by atoms with Gasteiger partial charge in [-0.05, 0) is 54.7 Å². The number of benzene rings is 2. The minimum Gasteiger partial charge on any atom is -0.348 e. The number of sulfonamides is 2. The second kappa shape index (κ2) is 7.69. The molecule has 158 valence electrons. The van der Waals surface area contributed by atoms with Gasteiger partial charge in [-0.25, -0.2) is 21.6 Å². The SMILES string of the molecule is CNS(=O)(=O)c1cccc(CNC(=O)c2ccc3c(c2)SC2=NS(=O)(=O)CCN23)c1. The Morgan fingerprint density at radius 1 is 1.23 bits per heavy atom. The number of amides is 1. The quantitative estimate of drug-likeness (QED) is 0.677. The van der Waals surface area contributed by atoms with Gasteiger partial charge in [0.25, 0.3) is 15.9 Å². The van der Waals surface area contributed by atoms with Gasteiger partial charge in [0.15, 0.2) is 5.17 Å². The number of anilines is 1. The Morgan fingerprint density at radius 3 is 2.80 bits per heavy atom. The standard InChI is InChI=1S/C18H18N4O5S3/c1-19-30(26,27)14-4-2-3-12(9-14)11-20-17(23)13-5-6-15-16(10-13)28-18-21-29(24,25)8-7-22(15)18/h2-6,9-10,19H,7-8,11H2,1H3,(H,20,23). The highest BCUT2D eigenvalue weighted by molar-refractivity contribution is 8.15. The van der Waals surface area contributed by atoms with E-state index in [0.29, 0.717) is 22.8 Å². The van der Waals surface area contributed by atoms with Gasteiger partial charge in [0.1, 0.15) is 0 Å². The Kier molecular flexibility index (Phi) is 5.34. The van der Waals surface area contributed by atoms with Crippen LogP contribution in [0.5, 0.6) is 0 Å². The summed E-state index contributed by atoms with van der Waals surface area (Å²) >= 11 is 1.22. The minimum absolute atomic E-state index is 0.0406. The molecule has 2 N–H and O–H groups in total. The van der Waals surface area contributed by atoms with E-state index in [9.17, 15) is 21.6 Å². The number of rotatable bonds is 5. The first-order chi connectivity index (χ1) is 14.2. The molecule has 2 heterocycles. The monoisotopic (exact) mass is 466 g/mol. The van der Waals surface area contributed by atoms with Crippen molar-refractivity contribution >= 4 is 48.6 Å². The lowest BCUT2D eigenvalue weighted by molar-refractivity contribution is 0.0950. The van der Waals surface area contributed by atoms with Crippen molar-refractivity contribution in [3.8, 4) is 0 Å². The van der Waals surface area contributed by atoms with Crippen LogP contribution in [0.2, 0.25) is 0 Å². The second-order valence-corrected chi connectivity index (χ2v) is 11.3. The number of amidine groups is 1. The van der Waals surface area contributed by atoms with Crippen molar-refractivity contribution in [1.82, 2.24) is 10.0 Å². The first-order valence-corrected chi connectivity index (χ1v) is 12.8. The molecule has 0 aliphatic carbocycles. The summed E-state index contributed by atoms with van der Waals surface area (Å²) in [6.45, 7) is 0.492. The average Bonchev–Trinajstić information content (AvgIpc) is 3.07. The van der Waals surface area contributed by atoms with E-state index in [4.69, 9.17) is 0 Å². The van der Waals surface area contributed by atoms with Crippen molar-refractivity contribution in [2.24, 2.45) is 4.40 Å². The van der Waals surface area contributed by atoms with Crippen LogP contribution in [0.25, 0.3) is 0 Å². The van der Waals surface area contributed by atoms with Crippen molar-refractivity contribution < 1.29 is 21.6 Å². The molecule has 4 rings (SSSR count). The van der Waals surface area contributed by atoms with Crippen molar-refractivity contribution in [2.45, 2.75) is 16.3 Å². The molecular weight excluding hydrogens is 448 g/mol. The zero-order chi connectivity index (χ0) is 21.5. The number of carbonyl (C=O) groups excluding carboxylic acids is 1. The molecule has 0 saturated heterocycles. The smallest absolute Gasteiger partial charge is 0.257 e. The third-order valence-corrected chi connectivity index (χ3v) is 8.38. The molecule has 2 aromatic rings. The zero-order valence-electron chi connectivity index (χ0n) is 15.8. The third kappa shape index (κ3) is 4.08. The number of nitrogens with one attached hydrogen (secondary N) is 2. The van der Waals surface area contributed by atoms with E-state index in [1.807, 2.05) is 4.90 Å². The molecule has 0 aromatic heterocycles. The van der Waals surface area contributed by atoms with Crippen LogP contribution in [-0.2, 0) is 26.6 Å². The Balaban J connectivity index is 1.49. The Morgan fingerprint density at radius 2 is 2.03 bits per heavy atom. The molecule has 0 fully saturated rings. The largest absolute Gasteiger partial charge is 0.348 e. The predicted octanol–water partition coefficient (Wildman–Crippen LogP) is 1.14. The lowest BCUT2D eigenvalue weighted by Crippen LogP contribution is -2.35. The van der Waals surface area contributed by atoms with E-state index >= 15 is 0 Å². The molecule has 30 heavy (non-hydrogen) atoms. The number of fused-ring (bicyclic) bond motifs is 3. The van der Waals surface area contributed by atoms with E-state index in [-0.39, 0.29) is 23.1 Å². The molecule has 0 bridgehead atoms. The number of hydrogen-bond donors (Lipinski definition) is 2.